The van der Waals surface area contributed by atoms with Crippen molar-refractivity contribution in [2.24, 2.45) is 0 Å². The summed E-state index contributed by atoms with van der Waals surface area (Å²) in [6, 6.07) is 49.0. The fourth-order valence-corrected chi connectivity index (χ4v) is 10.7. The summed E-state index contributed by atoms with van der Waals surface area (Å²) in [4.78, 5) is 26.3. The van der Waals surface area contributed by atoms with Crippen LogP contribution in [-0.2, 0) is 99.4 Å². The number of alkyl carbamates (subject to hydrolysis) is 1. The molecule has 0 radical (unpaired) electrons. The zero-order valence-electron chi connectivity index (χ0n) is 48.8. The van der Waals surface area contributed by atoms with Crippen molar-refractivity contribution in [3.8, 4) is 0 Å². The number of hydrogen-bond acceptors (Lipinski definition) is 15. The molecule has 2 amide bonds. The molecule has 0 spiro atoms. The summed E-state index contributed by atoms with van der Waals surface area (Å²) in [7, 11) is 0. The average Bonchev–Trinajstić information content (AvgIpc) is 2.39. The van der Waals surface area contributed by atoms with Gasteiger partial charge < -0.3 is 72.2 Å². The van der Waals surface area contributed by atoms with Crippen LogP contribution in [0.1, 0.15) is 95.0 Å². The van der Waals surface area contributed by atoms with E-state index in [1.807, 2.05) is 193 Å². The third kappa shape index (κ3) is 18.7. The van der Waals surface area contributed by atoms with Crippen LogP contribution in [0.2, 0.25) is 0 Å². The van der Waals surface area contributed by atoms with Crippen molar-refractivity contribution in [2.45, 2.75) is 191 Å². The molecule has 13 atom stereocenters. The Labute approximate surface area is 489 Å². The number of unbranched alkanes of at least 4 members (excludes halogenated alkanes) is 2. The largest absolute Gasteiger partial charge is 0.444 e. The summed E-state index contributed by atoms with van der Waals surface area (Å²) in [5.74, 6) is -1.26. The molecule has 4 saturated heterocycles. The van der Waals surface area contributed by atoms with E-state index in [4.69, 9.17) is 61.6 Å². The maximum atomic E-state index is 14.1. The highest BCUT2D eigenvalue weighted by Gasteiger charge is 2.58. The van der Waals surface area contributed by atoms with E-state index in [0.717, 1.165) is 27.8 Å². The lowest BCUT2D eigenvalue weighted by Gasteiger charge is -2.48. The molecule has 4 aliphatic rings. The predicted octanol–water partition coefficient (Wildman–Crippen LogP) is 9.91. The molecule has 0 aliphatic carbocycles. The highest BCUT2D eigenvalue weighted by atomic mass is 16.8. The summed E-state index contributed by atoms with van der Waals surface area (Å²) in [6.45, 7) is 13.4. The number of fused-ring (bicyclic) bond motifs is 1. The van der Waals surface area contributed by atoms with E-state index in [9.17, 15) is 9.59 Å². The number of rotatable bonds is 27. The Morgan fingerprint density at radius 1 is 0.554 bits per heavy atom. The van der Waals surface area contributed by atoms with Crippen LogP contribution < -0.4 is 10.6 Å². The van der Waals surface area contributed by atoms with Crippen LogP contribution in [0.15, 0.2) is 152 Å². The van der Waals surface area contributed by atoms with E-state index in [-0.39, 0.29) is 45.4 Å². The average molecular weight is 1150 g/mol. The fourth-order valence-electron chi connectivity index (χ4n) is 10.7. The zero-order valence-corrected chi connectivity index (χ0v) is 48.8. The number of amides is 2. The summed E-state index contributed by atoms with van der Waals surface area (Å²) in [5.41, 5.74) is 4.33. The van der Waals surface area contributed by atoms with Crippen LogP contribution in [0.5, 0.6) is 0 Å². The Hall–Kier alpha value is -5.64. The molecule has 0 unspecified atom stereocenters. The topological polar surface area (TPSA) is 178 Å². The van der Waals surface area contributed by atoms with Gasteiger partial charge in [-0.1, -0.05) is 158 Å². The molecule has 448 valence electrons. The Bertz CT molecular complexity index is 2690. The second-order valence-corrected chi connectivity index (χ2v) is 23.1. The lowest BCUT2D eigenvalue weighted by Crippen LogP contribution is -2.65. The van der Waals surface area contributed by atoms with Crippen LogP contribution in [0.4, 0.5) is 4.79 Å². The van der Waals surface area contributed by atoms with Crippen molar-refractivity contribution in [2.75, 3.05) is 26.4 Å². The van der Waals surface area contributed by atoms with Crippen molar-refractivity contribution < 1.29 is 71.2 Å². The van der Waals surface area contributed by atoms with E-state index in [1.54, 1.807) is 0 Å². The number of ether oxygens (including phenoxy) is 13. The molecule has 5 aromatic rings. The maximum Gasteiger partial charge on any atom is 0.407 e. The first kappa shape index (κ1) is 61.9. The summed E-state index contributed by atoms with van der Waals surface area (Å²) in [6.07, 6.45) is -7.19. The molecule has 4 fully saturated rings. The Morgan fingerprint density at radius 3 is 1.63 bits per heavy atom. The van der Waals surface area contributed by atoms with Gasteiger partial charge in [0.15, 0.2) is 18.4 Å². The van der Waals surface area contributed by atoms with Crippen molar-refractivity contribution >= 4 is 12.0 Å². The van der Waals surface area contributed by atoms with Gasteiger partial charge in [0.2, 0.25) is 5.91 Å². The molecule has 4 aliphatic heterocycles. The molecular formula is C66H84N2O15. The normalized spacial score (nSPS) is 27.8. The second kappa shape index (κ2) is 30.4. The SMILES string of the molecule is C[C@@H]1O[C@@H](O[C@@H]2CO[C@H](COCc3ccccc3)[C@H](NC(=O)CCCCCNC(=O)OC(C)(C)C)[C@@H]2OCc2ccccc2)[C@@H]2OC(C)(C)O[C@@H]2[C@H]1O[C@@H]1OC[C@@H](OCc2ccccc2)[C@H](OCc2ccccc2)[C@H]1OCc1ccccc1. The number of carbonyl (C=O) groups is 2. The molecular weight excluding hydrogens is 1060 g/mol. The van der Waals surface area contributed by atoms with E-state index in [1.165, 1.54) is 0 Å². The fraction of sp³-hybridized carbons (Fsp3) is 0.515. The van der Waals surface area contributed by atoms with Gasteiger partial charge in [0.05, 0.1) is 65.0 Å². The first-order valence-corrected chi connectivity index (χ1v) is 29.3. The Morgan fingerprint density at radius 2 is 1.06 bits per heavy atom. The number of nitrogens with one attached hydrogen (secondary N) is 2. The summed E-state index contributed by atoms with van der Waals surface area (Å²) < 4.78 is 86.8. The third-order valence-electron chi connectivity index (χ3n) is 14.8. The van der Waals surface area contributed by atoms with E-state index in [2.05, 4.69) is 10.6 Å². The Balaban J connectivity index is 0.934. The van der Waals surface area contributed by atoms with Crippen molar-refractivity contribution in [1.82, 2.24) is 10.6 Å². The zero-order chi connectivity index (χ0) is 58.0. The van der Waals surface area contributed by atoms with Gasteiger partial charge in [-0.3, -0.25) is 4.79 Å². The molecule has 2 N–H and O–H groups in total. The third-order valence-corrected chi connectivity index (χ3v) is 14.8. The number of hydrogen-bond donors (Lipinski definition) is 2. The summed E-state index contributed by atoms with van der Waals surface area (Å²) >= 11 is 0. The lowest BCUT2D eigenvalue weighted by molar-refractivity contribution is -0.351. The van der Waals surface area contributed by atoms with Gasteiger partial charge in [-0.15, -0.1) is 0 Å². The molecule has 83 heavy (non-hydrogen) atoms. The minimum Gasteiger partial charge on any atom is -0.444 e. The van der Waals surface area contributed by atoms with Crippen LogP contribution in [0, 0.1) is 0 Å². The molecule has 17 nitrogen and oxygen atoms in total. The Kier molecular flexibility index (Phi) is 22.7. The minimum atomic E-state index is -1.07. The van der Waals surface area contributed by atoms with Crippen LogP contribution >= 0.6 is 0 Å². The van der Waals surface area contributed by atoms with Gasteiger partial charge in [0.25, 0.3) is 0 Å². The van der Waals surface area contributed by atoms with Crippen LogP contribution in [0.25, 0.3) is 0 Å². The monoisotopic (exact) mass is 1140 g/mol. The van der Waals surface area contributed by atoms with Gasteiger partial charge in [0.1, 0.15) is 60.5 Å². The van der Waals surface area contributed by atoms with E-state index in [0.29, 0.717) is 45.6 Å². The number of carbonyl (C=O) groups excluding carboxylic acids is 2. The quantitative estimate of drug-likeness (QED) is 0.0475. The minimum absolute atomic E-state index is 0.0832. The van der Waals surface area contributed by atoms with Gasteiger partial charge in [-0.05, 0) is 82.2 Å². The van der Waals surface area contributed by atoms with Crippen molar-refractivity contribution in [3.63, 3.8) is 0 Å². The van der Waals surface area contributed by atoms with Gasteiger partial charge in [0, 0.05) is 13.0 Å². The first-order valence-electron chi connectivity index (χ1n) is 29.3. The second-order valence-electron chi connectivity index (χ2n) is 23.1. The van der Waals surface area contributed by atoms with Crippen molar-refractivity contribution in [1.29, 1.82) is 0 Å². The van der Waals surface area contributed by atoms with Crippen molar-refractivity contribution in [3.05, 3.63) is 179 Å². The molecule has 5 aromatic carbocycles. The predicted molar refractivity (Wildman–Crippen MR) is 308 cm³/mol. The van der Waals surface area contributed by atoms with E-state index >= 15 is 0 Å². The first-order chi connectivity index (χ1) is 40.2. The van der Waals surface area contributed by atoms with E-state index < -0.39 is 97.1 Å². The number of benzene rings is 5. The maximum absolute atomic E-state index is 14.1. The lowest BCUT2D eigenvalue weighted by atomic mass is 9.95. The van der Waals surface area contributed by atoms with Crippen LogP contribution in [0.3, 0.4) is 0 Å². The van der Waals surface area contributed by atoms with Gasteiger partial charge in [-0.25, -0.2) is 4.79 Å². The standard InChI is InChI=1S/C66H84N2O15/c1-45-56(80-62-60(76-41-50-33-21-11-22-34-50)58(75-40-49-31-19-10-20-32-49)52(43-77-62)72-38-47-27-15-8-16-28-47)59-61(82-66(5,6)81-59)63(78-45)79-53-44-73-51(42-71-37-46-25-13-7-14-26-46)55(57(53)74-39-48-29-17-9-18-30-48)68-54(69)35-23-12-24-36-67-64(70)83-65(2,3)4/h7-11,13-22,25-34,45,51-53,55-63H,12,23-24,35-44H2,1-6H3,(H,67,70)(H,68,69)/t45-,51+,52+,53+,55-,56-,57+,58-,59+,60+,61+,62-,63-/m0/s1. The molecule has 9 rings (SSSR count). The highest BCUT2D eigenvalue weighted by molar-refractivity contribution is 5.76. The molecule has 0 bridgehead atoms. The summed E-state index contributed by atoms with van der Waals surface area (Å²) in [5, 5.41) is 6.09. The molecule has 0 aromatic heterocycles. The molecule has 4 heterocycles. The molecule has 17 heteroatoms. The van der Waals surface area contributed by atoms with Gasteiger partial charge in [-0.2, -0.15) is 0 Å². The smallest absolute Gasteiger partial charge is 0.407 e. The van der Waals surface area contributed by atoms with Gasteiger partial charge >= 0.3 is 6.09 Å². The molecule has 0 saturated carbocycles. The van der Waals surface area contributed by atoms with Crippen LogP contribution in [-0.4, -0.2) is 129 Å². The highest BCUT2D eigenvalue weighted by Crippen LogP contribution is 2.42.